The van der Waals surface area contributed by atoms with Gasteiger partial charge in [0.15, 0.2) is 5.96 Å². The minimum absolute atomic E-state index is 0.352. The van der Waals surface area contributed by atoms with Crippen LogP contribution in [0.4, 0.5) is 0 Å². The summed E-state index contributed by atoms with van der Waals surface area (Å²) in [6.45, 7) is 11.4. The van der Waals surface area contributed by atoms with E-state index in [1.807, 2.05) is 13.8 Å². The van der Waals surface area contributed by atoms with Gasteiger partial charge in [0.25, 0.3) is 0 Å². The summed E-state index contributed by atoms with van der Waals surface area (Å²) in [5.41, 5.74) is -0.475. The summed E-state index contributed by atoms with van der Waals surface area (Å²) in [5, 5.41) is 13.3. The number of hydrogen-bond donors (Lipinski definition) is 4. The summed E-state index contributed by atoms with van der Waals surface area (Å²) >= 11 is 0. The van der Waals surface area contributed by atoms with Crippen LogP contribution >= 0.6 is 0 Å². The monoisotopic (exact) mass is 397 g/mol. The third-order valence-electron chi connectivity index (χ3n) is 4.70. The molecule has 0 saturated carbocycles. The normalized spacial score (nSPS) is 22.5. The summed E-state index contributed by atoms with van der Waals surface area (Å²) in [6.07, 6.45) is 12.0. The van der Waals surface area contributed by atoms with Crippen molar-refractivity contribution in [3.8, 4) is 0 Å². The van der Waals surface area contributed by atoms with E-state index in [4.69, 9.17) is 4.74 Å². The largest absolute Gasteiger partial charge is 0.411 e. The van der Waals surface area contributed by atoms with E-state index in [1.54, 1.807) is 0 Å². The van der Waals surface area contributed by atoms with Crippen LogP contribution in [-0.4, -0.2) is 36.7 Å². The molecule has 1 aliphatic heterocycles. The molecule has 7 nitrogen and oxygen atoms in total. The highest BCUT2D eigenvalue weighted by Gasteiger charge is 2.44. The van der Waals surface area contributed by atoms with E-state index in [0.717, 1.165) is 32.4 Å². The van der Waals surface area contributed by atoms with Crippen molar-refractivity contribution in [2.45, 2.75) is 110 Å². The van der Waals surface area contributed by atoms with Crippen LogP contribution in [0.5, 0.6) is 0 Å². The lowest BCUT2D eigenvalue weighted by Gasteiger charge is -2.47. The van der Waals surface area contributed by atoms with E-state index in [2.05, 4.69) is 40.1 Å². The van der Waals surface area contributed by atoms with E-state index in [9.17, 15) is 4.79 Å². The number of aliphatic imine (C=N–C) groups is 1. The highest BCUT2D eigenvalue weighted by atomic mass is 16.6. The second-order valence-electron chi connectivity index (χ2n) is 8.26. The lowest BCUT2D eigenvalue weighted by molar-refractivity contribution is -0.175. The van der Waals surface area contributed by atoms with Gasteiger partial charge in [-0.3, -0.25) is 15.1 Å². The third-order valence-corrected chi connectivity index (χ3v) is 4.70. The van der Waals surface area contributed by atoms with Crippen molar-refractivity contribution in [1.82, 2.24) is 21.3 Å². The predicted octanol–water partition coefficient (Wildman–Crippen LogP) is 3.57. The van der Waals surface area contributed by atoms with Gasteiger partial charge in [0.1, 0.15) is 0 Å². The first-order chi connectivity index (χ1) is 13.3. The van der Waals surface area contributed by atoms with Crippen molar-refractivity contribution in [3.63, 3.8) is 0 Å². The van der Waals surface area contributed by atoms with Gasteiger partial charge in [-0.25, -0.2) is 10.6 Å². The van der Waals surface area contributed by atoms with Crippen LogP contribution in [-0.2, 0) is 9.53 Å². The molecule has 28 heavy (non-hydrogen) atoms. The number of hydrogen-bond acceptors (Lipinski definition) is 5. The quantitative estimate of drug-likeness (QED) is 0.204. The minimum Gasteiger partial charge on any atom is -0.411 e. The Morgan fingerprint density at radius 2 is 1.57 bits per heavy atom. The molecule has 164 valence electrons. The minimum atomic E-state index is -1.15. The third kappa shape index (κ3) is 10.3. The average Bonchev–Trinajstić information content (AvgIpc) is 2.59. The molecule has 1 rings (SSSR count). The maximum absolute atomic E-state index is 11.8. The van der Waals surface area contributed by atoms with E-state index in [0.29, 0.717) is 5.96 Å². The number of unbranched alkanes of at least 4 members (excludes halogenated alkanes) is 8. The number of guanidine groups is 1. The lowest BCUT2D eigenvalue weighted by atomic mass is 10.1. The van der Waals surface area contributed by atoms with Gasteiger partial charge in [-0.2, -0.15) is 0 Å². The van der Waals surface area contributed by atoms with Crippen molar-refractivity contribution in [3.05, 3.63) is 0 Å². The van der Waals surface area contributed by atoms with Gasteiger partial charge < -0.3 is 10.1 Å². The summed E-state index contributed by atoms with van der Waals surface area (Å²) in [5.74, 6) is -0.846. The van der Waals surface area contributed by atoms with Crippen LogP contribution in [0.15, 0.2) is 4.99 Å². The molecule has 0 aromatic carbocycles. The van der Waals surface area contributed by atoms with Crippen molar-refractivity contribution in [1.29, 1.82) is 0 Å². The van der Waals surface area contributed by atoms with Crippen LogP contribution in [0.2, 0.25) is 0 Å². The molecule has 0 bridgehead atoms. The van der Waals surface area contributed by atoms with Crippen molar-refractivity contribution < 1.29 is 9.53 Å². The van der Waals surface area contributed by atoms with Gasteiger partial charge in [-0.15, -0.1) is 0 Å². The number of nitrogens with zero attached hydrogens (tertiary/aromatic N) is 1. The summed E-state index contributed by atoms with van der Waals surface area (Å²) in [6, 6.07) is 0. The van der Waals surface area contributed by atoms with E-state index in [-0.39, 0.29) is 5.97 Å². The summed E-state index contributed by atoms with van der Waals surface area (Å²) < 4.78 is 5.64. The lowest BCUT2D eigenvalue weighted by Crippen LogP contribution is -2.82. The van der Waals surface area contributed by atoms with Crippen LogP contribution in [0.25, 0.3) is 0 Å². The molecule has 0 amide bonds. The topological polar surface area (TPSA) is 86.8 Å². The standard InChI is InChI=1S/C21H43N5O2/c1-6-8-10-12-14-16-22-19-24-20(4,5)26-21(25-19,28-18(3)27)23-17-15-13-11-9-7-2/h23,26H,6-17H2,1-5H3,(H2,22,24,25). The molecule has 0 aliphatic carbocycles. The van der Waals surface area contributed by atoms with E-state index in [1.165, 1.54) is 51.9 Å². The van der Waals surface area contributed by atoms with Gasteiger partial charge in [-0.1, -0.05) is 65.2 Å². The van der Waals surface area contributed by atoms with Crippen molar-refractivity contribution >= 4 is 11.9 Å². The Balaban J connectivity index is 2.67. The number of ether oxygens (including phenoxy) is 1. The molecule has 1 aliphatic rings. The van der Waals surface area contributed by atoms with Crippen LogP contribution in [0.1, 0.15) is 98.8 Å². The number of rotatable bonds is 14. The molecule has 0 radical (unpaired) electrons. The van der Waals surface area contributed by atoms with Gasteiger partial charge in [0.05, 0.1) is 5.66 Å². The predicted molar refractivity (Wildman–Crippen MR) is 116 cm³/mol. The SMILES string of the molecule is CCCCCCCN=C1NC(C)(C)NC(NCCCCCCC)(OC(C)=O)N1. The first-order valence-electron chi connectivity index (χ1n) is 11.2. The number of nitrogens with one attached hydrogen (secondary N) is 4. The molecule has 0 spiro atoms. The molecule has 1 fully saturated rings. The maximum atomic E-state index is 11.8. The Labute approximate surface area is 171 Å². The first-order valence-corrected chi connectivity index (χ1v) is 11.2. The van der Waals surface area contributed by atoms with Crippen LogP contribution < -0.4 is 21.3 Å². The number of esters is 1. The average molecular weight is 398 g/mol. The maximum Gasteiger partial charge on any atom is 0.307 e. The van der Waals surface area contributed by atoms with Crippen molar-refractivity contribution in [2.75, 3.05) is 13.1 Å². The zero-order valence-corrected chi connectivity index (χ0v) is 18.7. The van der Waals surface area contributed by atoms with Crippen LogP contribution in [0.3, 0.4) is 0 Å². The number of carbonyl (C=O) groups is 1. The molecular formula is C21H43N5O2. The Morgan fingerprint density at radius 1 is 0.964 bits per heavy atom. The molecule has 0 aromatic rings. The Bertz CT molecular complexity index is 481. The van der Waals surface area contributed by atoms with Crippen molar-refractivity contribution in [2.24, 2.45) is 4.99 Å². The van der Waals surface area contributed by atoms with Crippen LogP contribution in [0, 0.1) is 0 Å². The molecule has 4 N–H and O–H groups in total. The van der Waals surface area contributed by atoms with Gasteiger partial charge >= 0.3 is 11.9 Å². The fourth-order valence-electron chi connectivity index (χ4n) is 3.37. The zero-order valence-electron chi connectivity index (χ0n) is 18.7. The summed E-state index contributed by atoms with van der Waals surface area (Å²) in [7, 11) is 0. The van der Waals surface area contributed by atoms with E-state index >= 15 is 0 Å². The smallest absolute Gasteiger partial charge is 0.307 e. The molecule has 0 aromatic heterocycles. The Hall–Kier alpha value is -1.34. The Kier molecular flexibility index (Phi) is 11.5. The van der Waals surface area contributed by atoms with Gasteiger partial charge in [0, 0.05) is 20.0 Å². The second-order valence-corrected chi connectivity index (χ2v) is 8.26. The highest BCUT2D eigenvalue weighted by molar-refractivity contribution is 5.82. The fraction of sp³-hybridized carbons (Fsp3) is 0.905. The van der Waals surface area contributed by atoms with E-state index < -0.39 is 11.6 Å². The molecule has 1 heterocycles. The zero-order chi connectivity index (χ0) is 20.9. The Morgan fingerprint density at radius 3 is 2.18 bits per heavy atom. The number of carbonyl (C=O) groups excluding carboxylic acids is 1. The fourth-order valence-corrected chi connectivity index (χ4v) is 3.37. The molecule has 1 atom stereocenters. The van der Waals surface area contributed by atoms with Gasteiger partial charge in [0.2, 0.25) is 0 Å². The molecule has 1 unspecified atom stereocenters. The second kappa shape index (κ2) is 13.0. The molecular weight excluding hydrogens is 354 g/mol. The molecule has 7 heteroatoms. The summed E-state index contributed by atoms with van der Waals surface area (Å²) in [4.78, 5) is 16.4. The first kappa shape index (κ1) is 24.7. The van der Waals surface area contributed by atoms with Gasteiger partial charge in [-0.05, 0) is 26.7 Å². The highest BCUT2D eigenvalue weighted by Crippen LogP contribution is 2.13. The molecule has 1 saturated heterocycles.